The molecule has 110 valence electrons. The summed E-state index contributed by atoms with van der Waals surface area (Å²) in [5, 5.41) is 0. The van der Waals surface area contributed by atoms with Crippen LogP contribution in [-0.4, -0.2) is 20.0 Å². The Labute approximate surface area is 130 Å². The molecular weight excluding hydrogens is 339 g/mol. The number of carbonyl (C=O) groups is 1. The Morgan fingerprint density at radius 3 is 2.43 bits per heavy atom. The molecule has 0 radical (unpaired) electrons. The third-order valence-electron chi connectivity index (χ3n) is 3.04. The predicted octanol–water partition coefficient (Wildman–Crippen LogP) is 4.03. The second kappa shape index (κ2) is 6.72. The van der Waals surface area contributed by atoms with Crippen LogP contribution < -0.4 is 9.47 Å². The second-order valence-electron chi connectivity index (χ2n) is 4.41. The number of rotatable bonds is 5. The van der Waals surface area contributed by atoms with Gasteiger partial charge in [0.1, 0.15) is 5.82 Å². The molecule has 5 heteroatoms. The fourth-order valence-corrected chi connectivity index (χ4v) is 2.32. The van der Waals surface area contributed by atoms with Gasteiger partial charge in [-0.1, -0.05) is 22.0 Å². The lowest BCUT2D eigenvalue weighted by Gasteiger charge is -2.09. The monoisotopic (exact) mass is 352 g/mol. The number of ketones is 1. The molecule has 3 nitrogen and oxygen atoms in total. The Morgan fingerprint density at radius 1 is 1.10 bits per heavy atom. The van der Waals surface area contributed by atoms with Gasteiger partial charge in [0.2, 0.25) is 0 Å². The van der Waals surface area contributed by atoms with Crippen LogP contribution >= 0.6 is 15.9 Å². The SMILES string of the molecule is COc1ccc(CC(=O)c2ccc(Br)cc2F)cc1OC. The summed E-state index contributed by atoms with van der Waals surface area (Å²) < 4.78 is 24.7. The van der Waals surface area contributed by atoms with Crippen LogP contribution in [0.4, 0.5) is 4.39 Å². The maximum Gasteiger partial charge on any atom is 0.170 e. The zero-order valence-electron chi connectivity index (χ0n) is 11.7. The number of hydrogen-bond donors (Lipinski definition) is 0. The predicted molar refractivity (Wildman–Crippen MR) is 81.7 cm³/mol. The van der Waals surface area contributed by atoms with Crippen LogP contribution in [0, 0.1) is 5.82 Å². The minimum absolute atomic E-state index is 0.0768. The molecule has 0 unspecified atom stereocenters. The molecule has 2 aromatic rings. The van der Waals surface area contributed by atoms with E-state index in [2.05, 4.69) is 15.9 Å². The van der Waals surface area contributed by atoms with Gasteiger partial charge in [0.25, 0.3) is 0 Å². The number of methoxy groups -OCH3 is 2. The van der Waals surface area contributed by atoms with Crippen molar-refractivity contribution in [3.63, 3.8) is 0 Å². The van der Waals surface area contributed by atoms with Gasteiger partial charge in [-0.25, -0.2) is 4.39 Å². The normalized spacial score (nSPS) is 10.3. The largest absolute Gasteiger partial charge is 0.493 e. The van der Waals surface area contributed by atoms with Crippen LogP contribution in [0.5, 0.6) is 11.5 Å². The zero-order chi connectivity index (χ0) is 15.4. The lowest BCUT2D eigenvalue weighted by atomic mass is 10.0. The van der Waals surface area contributed by atoms with Gasteiger partial charge in [0, 0.05) is 10.9 Å². The highest BCUT2D eigenvalue weighted by molar-refractivity contribution is 9.10. The van der Waals surface area contributed by atoms with Crippen LogP contribution in [0.1, 0.15) is 15.9 Å². The van der Waals surface area contributed by atoms with Crippen LogP contribution in [0.2, 0.25) is 0 Å². The maximum absolute atomic E-state index is 13.8. The topological polar surface area (TPSA) is 35.5 Å². The van der Waals surface area contributed by atoms with Gasteiger partial charge in [-0.05, 0) is 35.9 Å². The molecule has 2 rings (SSSR count). The lowest BCUT2D eigenvalue weighted by Crippen LogP contribution is -2.06. The van der Waals surface area contributed by atoms with E-state index in [1.165, 1.54) is 19.2 Å². The standard InChI is InChI=1S/C16H14BrFO3/c1-20-15-6-3-10(8-16(15)21-2)7-14(19)12-5-4-11(17)9-13(12)18/h3-6,8-9H,7H2,1-2H3. The first-order chi connectivity index (χ1) is 10.0. The van der Waals surface area contributed by atoms with Crippen LogP contribution in [-0.2, 0) is 6.42 Å². The van der Waals surface area contributed by atoms with E-state index in [0.717, 1.165) is 5.56 Å². The van der Waals surface area contributed by atoms with Gasteiger partial charge < -0.3 is 9.47 Å². The number of halogens is 2. The van der Waals surface area contributed by atoms with Crippen molar-refractivity contribution in [2.75, 3.05) is 14.2 Å². The van der Waals surface area contributed by atoms with E-state index < -0.39 is 5.82 Å². The number of ether oxygens (including phenoxy) is 2. The Bertz CT molecular complexity index is 671. The summed E-state index contributed by atoms with van der Waals surface area (Å²) in [4.78, 5) is 12.2. The first-order valence-corrected chi connectivity index (χ1v) is 7.03. The molecule has 0 spiro atoms. The van der Waals surface area contributed by atoms with Crippen LogP contribution in [0.3, 0.4) is 0 Å². The van der Waals surface area contributed by atoms with Gasteiger partial charge in [0.15, 0.2) is 17.3 Å². The van der Waals surface area contributed by atoms with E-state index in [1.807, 2.05) is 0 Å². The van der Waals surface area contributed by atoms with Crippen molar-refractivity contribution in [3.05, 3.63) is 57.8 Å². The van der Waals surface area contributed by atoms with Crippen LogP contribution in [0.25, 0.3) is 0 Å². The van der Waals surface area contributed by atoms with E-state index >= 15 is 0 Å². The van der Waals surface area contributed by atoms with E-state index in [9.17, 15) is 9.18 Å². The highest BCUT2D eigenvalue weighted by Crippen LogP contribution is 2.28. The molecule has 0 bridgehead atoms. The molecule has 0 aromatic heterocycles. The van der Waals surface area contributed by atoms with Crippen molar-refractivity contribution < 1.29 is 18.7 Å². The number of carbonyl (C=O) groups excluding carboxylic acids is 1. The van der Waals surface area contributed by atoms with Crippen molar-refractivity contribution in [2.45, 2.75) is 6.42 Å². The average molecular weight is 353 g/mol. The molecule has 0 saturated heterocycles. The lowest BCUT2D eigenvalue weighted by molar-refractivity contribution is 0.0989. The summed E-state index contributed by atoms with van der Waals surface area (Å²) in [6.07, 6.45) is 0.0961. The molecule has 0 heterocycles. The maximum atomic E-state index is 13.8. The van der Waals surface area contributed by atoms with Crippen molar-refractivity contribution in [1.29, 1.82) is 0 Å². The molecule has 0 aliphatic heterocycles. The summed E-state index contributed by atoms with van der Waals surface area (Å²) in [5.41, 5.74) is 0.813. The van der Waals surface area contributed by atoms with Gasteiger partial charge in [-0.15, -0.1) is 0 Å². The fourth-order valence-electron chi connectivity index (χ4n) is 1.99. The van der Waals surface area contributed by atoms with Gasteiger partial charge in [-0.2, -0.15) is 0 Å². The van der Waals surface area contributed by atoms with Crippen molar-refractivity contribution in [1.82, 2.24) is 0 Å². The highest BCUT2D eigenvalue weighted by atomic mass is 79.9. The molecule has 0 amide bonds. The van der Waals surface area contributed by atoms with Crippen molar-refractivity contribution in [3.8, 4) is 11.5 Å². The Kier molecular flexibility index (Phi) is 4.96. The molecule has 0 atom stereocenters. The summed E-state index contributed by atoms with van der Waals surface area (Å²) >= 11 is 3.17. The van der Waals surface area contributed by atoms with E-state index in [0.29, 0.717) is 16.0 Å². The minimum Gasteiger partial charge on any atom is -0.493 e. The van der Waals surface area contributed by atoms with Crippen LogP contribution in [0.15, 0.2) is 40.9 Å². The third-order valence-corrected chi connectivity index (χ3v) is 3.54. The number of benzene rings is 2. The molecule has 0 aliphatic rings. The first-order valence-electron chi connectivity index (χ1n) is 6.24. The van der Waals surface area contributed by atoms with Gasteiger partial charge >= 0.3 is 0 Å². The quantitative estimate of drug-likeness (QED) is 0.762. The summed E-state index contributed by atoms with van der Waals surface area (Å²) in [6.45, 7) is 0. The minimum atomic E-state index is -0.533. The Balaban J connectivity index is 2.23. The summed E-state index contributed by atoms with van der Waals surface area (Å²) in [5.74, 6) is 0.310. The molecule has 0 saturated carbocycles. The molecule has 21 heavy (non-hydrogen) atoms. The molecule has 0 fully saturated rings. The molecule has 0 aliphatic carbocycles. The molecular formula is C16H14BrFO3. The molecule has 0 N–H and O–H groups in total. The number of Topliss-reactive ketones (excluding diaryl/α,β-unsaturated/α-hetero) is 1. The smallest absolute Gasteiger partial charge is 0.170 e. The summed E-state index contributed by atoms with van der Waals surface area (Å²) in [7, 11) is 3.07. The highest BCUT2D eigenvalue weighted by Gasteiger charge is 2.14. The number of hydrogen-bond acceptors (Lipinski definition) is 3. The van der Waals surface area contributed by atoms with E-state index in [1.54, 1.807) is 31.4 Å². The van der Waals surface area contributed by atoms with Crippen molar-refractivity contribution >= 4 is 21.7 Å². The Morgan fingerprint density at radius 2 is 1.81 bits per heavy atom. The zero-order valence-corrected chi connectivity index (χ0v) is 13.2. The van der Waals surface area contributed by atoms with E-state index in [4.69, 9.17) is 9.47 Å². The van der Waals surface area contributed by atoms with E-state index in [-0.39, 0.29) is 17.8 Å². The Hall–Kier alpha value is -1.88. The fraction of sp³-hybridized carbons (Fsp3) is 0.188. The van der Waals surface area contributed by atoms with Gasteiger partial charge in [-0.3, -0.25) is 4.79 Å². The molecule has 2 aromatic carbocycles. The summed E-state index contributed by atoms with van der Waals surface area (Å²) in [6, 6.07) is 9.60. The second-order valence-corrected chi connectivity index (χ2v) is 5.33. The average Bonchev–Trinajstić information content (AvgIpc) is 2.46. The van der Waals surface area contributed by atoms with Gasteiger partial charge in [0.05, 0.1) is 19.8 Å². The first kappa shape index (κ1) is 15.5. The van der Waals surface area contributed by atoms with Crippen molar-refractivity contribution in [2.24, 2.45) is 0 Å². The third kappa shape index (κ3) is 3.61.